The van der Waals surface area contributed by atoms with Gasteiger partial charge in [0.2, 0.25) is 5.91 Å². The molecule has 2 atom stereocenters. The molecule has 96 valence electrons. The number of carbonyl (C=O) groups excluding carboxylic acids is 1. The van der Waals surface area contributed by atoms with Gasteiger partial charge in [0.15, 0.2) is 0 Å². The van der Waals surface area contributed by atoms with Crippen molar-refractivity contribution in [2.75, 3.05) is 0 Å². The lowest BCUT2D eigenvalue weighted by Crippen LogP contribution is -2.44. The second-order valence-corrected chi connectivity index (χ2v) is 5.67. The number of aromatic nitrogens is 1. The summed E-state index contributed by atoms with van der Waals surface area (Å²) in [5, 5.41) is 3.83. The van der Waals surface area contributed by atoms with Crippen LogP contribution >= 0.6 is 11.3 Å². The Morgan fingerprint density at radius 2 is 2.18 bits per heavy atom. The van der Waals surface area contributed by atoms with Gasteiger partial charge in [-0.15, -0.1) is 11.3 Å². The fourth-order valence-electron chi connectivity index (χ4n) is 1.36. The maximum atomic E-state index is 11.8. The first-order valence-corrected chi connectivity index (χ1v) is 6.77. The Bertz CT molecular complexity index is 376. The third-order valence-corrected chi connectivity index (χ3v) is 3.99. The van der Waals surface area contributed by atoms with Gasteiger partial charge in [-0.2, -0.15) is 0 Å². The molecule has 0 saturated carbocycles. The number of thiazole rings is 1. The van der Waals surface area contributed by atoms with Crippen LogP contribution in [0.2, 0.25) is 0 Å². The average molecular weight is 255 g/mol. The SMILES string of the molecule is CCc1cnc(C(C)NC(=O)C(N)C(C)C)s1. The quantitative estimate of drug-likeness (QED) is 0.844. The van der Waals surface area contributed by atoms with Gasteiger partial charge in [-0.05, 0) is 19.3 Å². The van der Waals surface area contributed by atoms with Crippen molar-refractivity contribution in [2.24, 2.45) is 11.7 Å². The number of nitrogens with two attached hydrogens (primary N) is 1. The minimum absolute atomic E-state index is 0.0717. The maximum absolute atomic E-state index is 11.8. The number of aryl methyl sites for hydroxylation is 1. The molecule has 4 nitrogen and oxygen atoms in total. The van der Waals surface area contributed by atoms with Gasteiger partial charge in [-0.3, -0.25) is 4.79 Å². The van der Waals surface area contributed by atoms with E-state index >= 15 is 0 Å². The molecule has 17 heavy (non-hydrogen) atoms. The van der Waals surface area contributed by atoms with Gasteiger partial charge in [0, 0.05) is 11.1 Å². The molecule has 1 rings (SSSR count). The third kappa shape index (κ3) is 3.78. The number of nitrogens with zero attached hydrogens (tertiary/aromatic N) is 1. The summed E-state index contributed by atoms with van der Waals surface area (Å²) in [6.07, 6.45) is 2.84. The van der Waals surface area contributed by atoms with Crippen LogP contribution in [0, 0.1) is 5.92 Å². The van der Waals surface area contributed by atoms with Gasteiger partial charge in [0.05, 0.1) is 12.1 Å². The number of nitrogens with one attached hydrogen (secondary N) is 1. The van der Waals surface area contributed by atoms with Gasteiger partial charge < -0.3 is 11.1 Å². The molecule has 0 fully saturated rings. The largest absolute Gasteiger partial charge is 0.346 e. The van der Waals surface area contributed by atoms with E-state index in [1.807, 2.05) is 27.0 Å². The van der Waals surface area contributed by atoms with Gasteiger partial charge in [0.25, 0.3) is 0 Å². The molecule has 3 N–H and O–H groups in total. The highest BCUT2D eigenvalue weighted by Crippen LogP contribution is 2.20. The monoisotopic (exact) mass is 255 g/mol. The van der Waals surface area contributed by atoms with Crippen molar-refractivity contribution in [3.05, 3.63) is 16.1 Å². The molecular weight excluding hydrogens is 234 g/mol. The molecule has 0 bridgehead atoms. The first kappa shape index (κ1) is 14.1. The number of carbonyl (C=O) groups is 1. The predicted molar refractivity (Wildman–Crippen MR) is 70.9 cm³/mol. The van der Waals surface area contributed by atoms with E-state index in [-0.39, 0.29) is 17.9 Å². The van der Waals surface area contributed by atoms with Gasteiger partial charge in [-0.1, -0.05) is 20.8 Å². The van der Waals surface area contributed by atoms with Crippen molar-refractivity contribution >= 4 is 17.2 Å². The van der Waals surface area contributed by atoms with Crippen LogP contribution in [0.5, 0.6) is 0 Å². The van der Waals surface area contributed by atoms with Crippen LogP contribution in [0.25, 0.3) is 0 Å². The first-order chi connectivity index (χ1) is 7.95. The van der Waals surface area contributed by atoms with Crippen molar-refractivity contribution in [1.29, 1.82) is 0 Å². The highest BCUT2D eigenvalue weighted by molar-refractivity contribution is 7.11. The number of hydrogen-bond acceptors (Lipinski definition) is 4. The molecule has 0 radical (unpaired) electrons. The van der Waals surface area contributed by atoms with Crippen molar-refractivity contribution < 1.29 is 4.79 Å². The summed E-state index contributed by atoms with van der Waals surface area (Å²) in [5.74, 6) is 0.0328. The molecule has 2 unspecified atom stereocenters. The highest BCUT2D eigenvalue weighted by Gasteiger charge is 2.20. The Hall–Kier alpha value is -0.940. The number of hydrogen-bond donors (Lipinski definition) is 2. The van der Waals surface area contributed by atoms with E-state index in [1.165, 1.54) is 4.88 Å². The van der Waals surface area contributed by atoms with E-state index in [0.717, 1.165) is 11.4 Å². The van der Waals surface area contributed by atoms with Crippen molar-refractivity contribution in [1.82, 2.24) is 10.3 Å². The van der Waals surface area contributed by atoms with Crippen molar-refractivity contribution in [2.45, 2.75) is 46.2 Å². The molecule has 0 aromatic carbocycles. The molecule has 1 heterocycles. The molecule has 0 aliphatic rings. The summed E-state index contributed by atoms with van der Waals surface area (Å²) in [4.78, 5) is 17.3. The van der Waals surface area contributed by atoms with Crippen molar-refractivity contribution in [3.8, 4) is 0 Å². The molecule has 0 aliphatic heterocycles. The standard InChI is InChI=1S/C12H21N3OS/c1-5-9-6-14-12(17-9)8(4)15-11(16)10(13)7(2)3/h6-8,10H,5,13H2,1-4H3,(H,15,16). The van der Waals surface area contributed by atoms with Crippen molar-refractivity contribution in [3.63, 3.8) is 0 Å². The smallest absolute Gasteiger partial charge is 0.237 e. The van der Waals surface area contributed by atoms with E-state index in [9.17, 15) is 4.79 Å². The number of amides is 1. The second-order valence-electron chi connectivity index (χ2n) is 4.52. The maximum Gasteiger partial charge on any atom is 0.237 e. The van der Waals surface area contributed by atoms with E-state index < -0.39 is 6.04 Å². The second kappa shape index (κ2) is 6.12. The minimum Gasteiger partial charge on any atom is -0.346 e. The van der Waals surface area contributed by atoms with Crippen LogP contribution in [0.3, 0.4) is 0 Å². The molecule has 5 heteroatoms. The molecule has 1 amide bonds. The number of rotatable bonds is 5. The zero-order valence-corrected chi connectivity index (χ0v) is 11.7. The topological polar surface area (TPSA) is 68.0 Å². The lowest BCUT2D eigenvalue weighted by Gasteiger charge is -2.18. The molecule has 1 aromatic heterocycles. The molecule has 0 aliphatic carbocycles. The van der Waals surface area contributed by atoms with Crippen LogP contribution in [-0.4, -0.2) is 16.9 Å². The van der Waals surface area contributed by atoms with Gasteiger partial charge in [-0.25, -0.2) is 4.98 Å². The zero-order valence-electron chi connectivity index (χ0n) is 10.9. The molecule has 0 spiro atoms. The summed E-state index contributed by atoms with van der Waals surface area (Å²) in [6.45, 7) is 7.90. The van der Waals surface area contributed by atoms with Gasteiger partial charge >= 0.3 is 0 Å². The normalized spacial score (nSPS) is 14.7. The summed E-state index contributed by atoms with van der Waals surface area (Å²) in [5.41, 5.74) is 5.79. The Kier molecular flexibility index (Phi) is 5.08. The zero-order chi connectivity index (χ0) is 13.0. The van der Waals surface area contributed by atoms with Crippen LogP contribution < -0.4 is 11.1 Å². The third-order valence-electron chi connectivity index (χ3n) is 2.67. The fraction of sp³-hybridized carbons (Fsp3) is 0.667. The van der Waals surface area contributed by atoms with E-state index in [0.29, 0.717) is 0 Å². The minimum atomic E-state index is -0.456. The lowest BCUT2D eigenvalue weighted by atomic mass is 10.0. The van der Waals surface area contributed by atoms with Gasteiger partial charge in [0.1, 0.15) is 5.01 Å². The fourth-order valence-corrected chi connectivity index (χ4v) is 2.22. The van der Waals surface area contributed by atoms with Crippen LogP contribution in [0.1, 0.15) is 43.6 Å². The molecule has 1 aromatic rings. The van der Waals surface area contributed by atoms with Crippen LogP contribution in [0.4, 0.5) is 0 Å². The predicted octanol–water partition coefficient (Wildman–Crippen LogP) is 1.87. The molecular formula is C12H21N3OS. The summed E-state index contributed by atoms with van der Waals surface area (Å²) in [6, 6.07) is -0.527. The van der Waals surface area contributed by atoms with E-state index in [4.69, 9.17) is 5.73 Å². The molecule has 0 saturated heterocycles. The Labute approximate surface area is 107 Å². The van der Waals surface area contributed by atoms with Crippen LogP contribution in [-0.2, 0) is 11.2 Å². The summed E-state index contributed by atoms with van der Waals surface area (Å²) >= 11 is 1.64. The van der Waals surface area contributed by atoms with E-state index in [2.05, 4.69) is 17.2 Å². The average Bonchev–Trinajstić information content (AvgIpc) is 2.76. The lowest BCUT2D eigenvalue weighted by molar-refractivity contribution is -0.123. The van der Waals surface area contributed by atoms with Crippen LogP contribution in [0.15, 0.2) is 6.20 Å². The Morgan fingerprint density at radius 3 is 2.65 bits per heavy atom. The summed E-state index contributed by atoms with van der Waals surface area (Å²) in [7, 11) is 0. The van der Waals surface area contributed by atoms with E-state index in [1.54, 1.807) is 11.3 Å². The first-order valence-electron chi connectivity index (χ1n) is 5.96. The summed E-state index contributed by atoms with van der Waals surface area (Å²) < 4.78 is 0. The Morgan fingerprint density at radius 1 is 1.53 bits per heavy atom. The highest BCUT2D eigenvalue weighted by atomic mass is 32.1. The Balaban J connectivity index is 2.59.